The molecule has 0 aromatic rings. The van der Waals surface area contributed by atoms with Gasteiger partial charge in [0.25, 0.3) is 0 Å². The molecule has 0 spiro atoms. The fourth-order valence-electron chi connectivity index (χ4n) is 3.05. The largest absolute Gasteiger partial charge is 0.375 e. The van der Waals surface area contributed by atoms with E-state index >= 15 is 0 Å². The molecule has 0 saturated carbocycles. The van der Waals surface area contributed by atoms with E-state index in [4.69, 9.17) is 0 Å². The highest BCUT2D eigenvalue weighted by Gasteiger charge is 2.25. The van der Waals surface area contributed by atoms with E-state index in [0.29, 0.717) is 0 Å². The molecule has 0 aliphatic carbocycles. The van der Waals surface area contributed by atoms with E-state index in [-0.39, 0.29) is 0 Å². The predicted octanol–water partition coefficient (Wildman–Crippen LogP) is 2.86. The highest BCUT2D eigenvalue weighted by atomic mass is 15.2. The average Bonchev–Trinajstić information content (AvgIpc) is 2.39. The molecule has 2 heterocycles. The Labute approximate surface area is 100 Å². The molecule has 0 aromatic carbocycles. The fourth-order valence-corrected chi connectivity index (χ4v) is 3.05. The maximum atomic E-state index is 4.15. The van der Waals surface area contributed by atoms with Crippen molar-refractivity contribution in [3.63, 3.8) is 0 Å². The molecule has 2 rings (SSSR count). The van der Waals surface area contributed by atoms with Gasteiger partial charge in [-0.3, -0.25) is 0 Å². The molecule has 0 amide bonds. The standard InChI is InChI=1S/C14H26N2/c1-3-13(2)15-11-7-14(8-12-15)16-9-5-4-6-10-16/h14H,2-12H2,1H3. The van der Waals surface area contributed by atoms with Crippen molar-refractivity contribution in [3.8, 4) is 0 Å². The Kier molecular flexibility index (Phi) is 4.28. The van der Waals surface area contributed by atoms with Gasteiger partial charge in [0, 0.05) is 24.8 Å². The van der Waals surface area contributed by atoms with Crippen LogP contribution in [0.3, 0.4) is 0 Å². The van der Waals surface area contributed by atoms with Crippen LogP contribution in [0.2, 0.25) is 0 Å². The first-order chi connectivity index (χ1) is 7.81. The number of hydrogen-bond donors (Lipinski definition) is 0. The summed E-state index contributed by atoms with van der Waals surface area (Å²) in [6.45, 7) is 11.5. The third-order valence-electron chi connectivity index (χ3n) is 4.23. The highest BCUT2D eigenvalue weighted by molar-refractivity contribution is 4.96. The maximum Gasteiger partial charge on any atom is 0.0189 e. The van der Waals surface area contributed by atoms with Gasteiger partial charge < -0.3 is 9.80 Å². The minimum absolute atomic E-state index is 0.862. The van der Waals surface area contributed by atoms with Crippen LogP contribution in [0.1, 0.15) is 45.4 Å². The molecule has 2 nitrogen and oxygen atoms in total. The van der Waals surface area contributed by atoms with Crippen molar-refractivity contribution in [2.45, 2.75) is 51.5 Å². The summed E-state index contributed by atoms with van der Waals surface area (Å²) in [5.41, 5.74) is 1.33. The van der Waals surface area contributed by atoms with Gasteiger partial charge in [0.15, 0.2) is 0 Å². The number of nitrogens with zero attached hydrogens (tertiary/aromatic N) is 2. The Morgan fingerprint density at radius 2 is 1.69 bits per heavy atom. The summed E-state index contributed by atoms with van der Waals surface area (Å²) in [6.07, 6.45) is 8.08. The first kappa shape index (κ1) is 12.0. The van der Waals surface area contributed by atoms with Crippen LogP contribution < -0.4 is 0 Å². The monoisotopic (exact) mass is 222 g/mol. The van der Waals surface area contributed by atoms with E-state index in [1.54, 1.807) is 0 Å². The molecule has 0 N–H and O–H groups in total. The SMILES string of the molecule is C=C(CC)N1CCC(N2CCCCC2)CC1. The molecule has 0 aromatic heterocycles. The summed E-state index contributed by atoms with van der Waals surface area (Å²) < 4.78 is 0. The van der Waals surface area contributed by atoms with Gasteiger partial charge in [0.05, 0.1) is 0 Å². The van der Waals surface area contributed by atoms with Crippen LogP contribution in [-0.4, -0.2) is 42.0 Å². The van der Waals surface area contributed by atoms with E-state index in [9.17, 15) is 0 Å². The molecule has 2 aliphatic rings. The topological polar surface area (TPSA) is 6.48 Å². The van der Waals surface area contributed by atoms with Crippen LogP contribution in [0, 0.1) is 0 Å². The van der Waals surface area contributed by atoms with E-state index in [0.717, 1.165) is 12.5 Å². The zero-order valence-electron chi connectivity index (χ0n) is 10.7. The van der Waals surface area contributed by atoms with Crippen molar-refractivity contribution in [1.82, 2.24) is 9.80 Å². The lowest BCUT2D eigenvalue weighted by molar-refractivity contribution is 0.104. The minimum atomic E-state index is 0.862. The first-order valence-electron chi connectivity index (χ1n) is 6.98. The Balaban J connectivity index is 1.78. The molecule has 2 saturated heterocycles. The number of piperidine rings is 2. The fraction of sp³-hybridized carbons (Fsp3) is 0.857. The first-order valence-corrected chi connectivity index (χ1v) is 6.98. The van der Waals surface area contributed by atoms with Crippen molar-refractivity contribution < 1.29 is 0 Å². The molecule has 2 fully saturated rings. The van der Waals surface area contributed by atoms with E-state index < -0.39 is 0 Å². The van der Waals surface area contributed by atoms with E-state index in [1.165, 1.54) is 64.0 Å². The molecule has 0 radical (unpaired) electrons. The molecule has 0 unspecified atom stereocenters. The van der Waals surface area contributed by atoms with E-state index in [2.05, 4.69) is 23.3 Å². The van der Waals surface area contributed by atoms with Crippen LogP contribution in [0.5, 0.6) is 0 Å². The molecule has 0 bridgehead atoms. The van der Waals surface area contributed by atoms with Crippen LogP contribution in [0.4, 0.5) is 0 Å². The highest BCUT2D eigenvalue weighted by Crippen LogP contribution is 2.22. The van der Waals surface area contributed by atoms with Crippen LogP contribution in [0.25, 0.3) is 0 Å². The van der Waals surface area contributed by atoms with Crippen molar-refractivity contribution in [2.75, 3.05) is 26.2 Å². The van der Waals surface area contributed by atoms with Gasteiger partial charge in [-0.1, -0.05) is 19.9 Å². The Hall–Kier alpha value is -0.500. The van der Waals surface area contributed by atoms with Gasteiger partial charge in [-0.2, -0.15) is 0 Å². The summed E-state index contributed by atoms with van der Waals surface area (Å²) in [5.74, 6) is 0. The second-order valence-corrected chi connectivity index (χ2v) is 5.23. The average molecular weight is 222 g/mol. The Morgan fingerprint density at radius 1 is 1.06 bits per heavy atom. The predicted molar refractivity (Wildman–Crippen MR) is 69.5 cm³/mol. The Morgan fingerprint density at radius 3 is 2.25 bits per heavy atom. The smallest absolute Gasteiger partial charge is 0.0189 e. The molecule has 2 aliphatic heterocycles. The molecule has 2 heteroatoms. The van der Waals surface area contributed by atoms with Gasteiger partial charge in [0.2, 0.25) is 0 Å². The lowest BCUT2D eigenvalue weighted by atomic mass is 9.99. The third kappa shape index (κ3) is 2.79. The minimum Gasteiger partial charge on any atom is -0.375 e. The van der Waals surface area contributed by atoms with Crippen LogP contribution in [-0.2, 0) is 0 Å². The van der Waals surface area contributed by atoms with E-state index in [1.807, 2.05) is 0 Å². The van der Waals surface area contributed by atoms with Gasteiger partial charge in [-0.15, -0.1) is 0 Å². The third-order valence-corrected chi connectivity index (χ3v) is 4.23. The second-order valence-electron chi connectivity index (χ2n) is 5.23. The summed E-state index contributed by atoms with van der Waals surface area (Å²) in [5, 5.41) is 0. The number of rotatable bonds is 3. The number of likely N-dealkylation sites (tertiary alicyclic amines) is 2. The summed E-state index contributed by atoms with van der Waals surface area (Å²) >= 11 is 0. The zero-order valence-corrected chi connectivity index (χ0v) is 10.7. The van der Waals surface area contributed by atoms with Gasteiger partial charge >= 0.3 is 0 Å². The van der Waals surface area contributed by atoms with Crippen molar-refractivity contribution in [3.05, 3.63) is 12.3 Å². The Bertz CT molecular complexity index is 223. The van der Waals surface area contributed by atoms with Crippen LogP contribution >= 0.6 is 0 Å². The zero-order chi connectivity index (χ0) is 11.4. The lowest BCUT2D eigenvalue weighted by Gasteiger charge is -2.41. The van der Waals surface area contributed by atoms with Gasteiger partial charge in [-0.05, 0) is 45.2 Å². The maximum absolute atomic E-state index is 4.15. The van der Waals surface area contributed by atoms with Crippen molar-refractivity contribution >= 4 is 0 Å². The molecule has 92 valence electrons. The lowest BCUT2D eigenvalue weighted by Crippen LogP contribution is -2.46. The summed E-state index contributed by atoms with van der Waals surface area (Å²) in [6, 6.07) is 0.862. The molecular weight excluding hydrogens is 196 g/mol. The summed E-state index contributed by atoms with van der Waals surface area (Å²) in [4.78, 5) is 5.22. The summed E-state index contributed by atoms with van der Waals surface area (Å²) in [7, 11) is 0. The number of hydrogen-bond acceptors (Lipinski definition) is 2. The number of allylic oxidation sites excluding steroid dienone is 1. The molecule has 0 atom stereocenters. The quantitative estimate of drug-likeness (QED) is 0.724. The molecule has 16 heavy (non-hydrogen) atoms. The van der Waals surface area contributed by atoms with Crippen LogP contribution in [0.15, 0.2) is 12.3 Å². The second kappa shape index (κ2) is 5.72. The normalized spacial score (nSPS) is 24.7. The van der Waals surface area contributed by atoms with Gasteiger partial charge in [0.1, 0.15) is 0 Å². The molecular formula is C14H26N2. The van der Waals surface area contributed by atoms with Crippen molar-refractivity contribution in [1.29, 1.82) is 0 Å². The van der Waals surface area contributed by atoms with Gasteiger partial charge in [-0.25, -0.2) is 0 Å². The van der Waals surface area contributed by atoms with Crippen molar-refractivity contribution in [2.24, 2.45) is 0 Å².